The molecule has 2 N–H and O–H groups in total. The normalized spacial score (nSPS) is 9.38. The fourth-order valence-corrected chi connectivity index (χ4v) is 1.72. The minimum absolute atomic E-state index is 0. The molecule has 1 aromatic heterocycles. The highest BCUT2D eigenvalue weighted by atomic mass is 35.5. The van der Waals surface area contributed by atoms with Crippen LogP contribution >= 0.6 is 24.8 Å². The standard InChI is InChI=1S/C13H17N5O.2ClH/c1-14-7-6-13(19)17-12-5-3-2-4-11(12)8-18-10-15-9-16-18;;/h2-5,9-10,14H,6-8H2,1H3,(H,17,19);2*1H. The number of rotatable bonds is 6. The highest BCUT2D eigenvalue weighted by Crippen LogP contribution is 2.16. The number of nitrogens with one attached hydrogen (secondary N) is 2. The lowest BCUT2D eigenvalue weighted by Gasteiger charge is -2.10. The third-order valence-electron chi connectivity index (χ3n) is 2.69. The maximum Gasteiger partial charge on any atom is 0.225 e. The first-order valence-electron chi connectivity index (χ1n) is 6.14. The number of para-hydroxylation sites is 1. The first-order valence-corrected chi connectivity index (χ1v) is 6.14. The highest BCUT2D eigenvalue weighted by molar-refractivity contribution is 5.91. The molecule has 8 heteroatoms. The summed E-state index contributed by atoms with van der Waals surface area (Å²) in [6, 6.07) is 7.70. The fourth-order valence-electron chi connectivity index (χ4n) is 1.72. The molecule has 2 rings (SSSR count). The summed E-state index contributed by atoms with van der Waals surface area (Å²) in [7, 11) is 1.83. The van der Waals surface area contributed by atoms with Crippen molar-refractivity contribution in [2.75, 3.05) is 18.9 Å². The van der Waals surface area contributed by atoms with Crippen molar-refractivity contribution in [3.8, 4) is 0 Å². The van der Waals surface area contributed by atoms with Gasteiger partial charge in [-0.1, -0.05) is 18.2 Å². The molecule has 0 spiro atoms. The van der Waals surface area contributed by atoms with Gasteiger partial charge in [-0.2, -0.15) is 5.10 Å². The number of halogens is 2. The molecule has 21 heavy (non-hydrogen) atoms. The molecule has 0 fully saturated rings. The van der Waals surface area contributed by atoms with Crippen LogP contribution in [0.5, 0.6) is 0 Å². The Labute approximate surface area is 136 Å². The van der Waals surface area contributed by atoms with Crippen LogP contribution in [-0.2, 0) is 11.3 Å². The van der Waals surface area contributed by atoms with Crippen LogP contribution in [0.25, 0.3) is 0 Å². The molecule has 0 atom stereocenters. The van der Waals surface area contributed by atoms with Crippen LogP contribution < -0.4 is 10.6 Å². The van der Waals surface area contributed by atoms with Gasteiger partial charge in [0.15, 0.2) is 0 Å². The Morgan fingerprint density at radius 1 is 1.29 bits per heavy atom. The topological polar surface area (TPSA) is 71.8 Å². The Kier molecular flexibility index (Phi) is 9.36. The van der Waals surface area contributed by atoms with Gasteiger partial charge in [-0.3, -0.25) is 4.79 Å². The summed E-state index contributed by atoms with van der Waals surface area (Å²) in [5.41, 5.74) is 1.82. The molecule has 116 valence electrons. The molecule has 2 aromatic rings. The van der Waals surface area contributed by atoms with E-state index in [0.29, 0.717) is 19.5 Å². The number of hydrogen-bond donors (Lipinski definition) is 2. The molecule has 1 heterocycles. The summed E-state index contributed by atoms with van der Waals surface area (Å²) in [6.07, 6.45) is 3.60. The van der Waals surface area contributed by atoms with Gasteiger partial charge >= 0.3 is 0 Å². The molecule has 0 aliphatic heterocycles. The lowest BCUT2D eigenvalue weighted by atomic mass is 10.1. The van der Waals surface area contributed by atoms with Crippen LogP contribution in [-0.4, -0.2) is 34.3 Å². The van der Waals surface area contributed by atoms with Crippen molar-refractivity contribution in [1.82, 2.24) is 20.1 Å². The Bertz CT molecular complexity index is 533. The van der Waals surface area contributed by atoms with E-state index in [0.717, 1.165) is 11.3 Å². The Hall–Kier alpha value is -1.63. The van der Waals surface area contributed by atoms with Crippen molar-refractivity contribution in [1.29, 1.82) is 0 Å². The van der Waals surface area contributed by atoms with Gasteiger partial charge in [0.25, 0.3) is 0 Å². The average Bonchev–Trinajstić information content (AvgIpc) is 2.91. The summed E-state index contributed by atoms with van der Waals surface area (Å²) >= 11 is 0. The molecule has 6 nitrogen and oxygen atoms in total. The zero-order valence-electron chi connectivity index (χ0n) is 11.7. The number of aromatic nitrogens is 3. The zero-order chi connectivity index (χ0) is 13.5. The van der Waals surface area contributed by atoms with E-state index in [2.05, 4.69) is 20.7 Å². The van der Waals surface area contributed by atoms with E-state index >= 15 is 0 Å². The van der Waals surface area contributed by atoms with Crippen LogP contribution in [0, 0.1) is 0 Å². The van der Waals surface area contributed by atoms with Gasteiger partial charge in [0, 0.05) is 18.7 Å². The van der Waals surface area contributed by atoms with E-state index in [1.807, 2.05) is 31.3 Å². The van der Waals surface area contributed by atoms with Crippen molar-refractivity contribution in [3.05, 3.63) is 42.5 Å². The third kappa shape index (κ3) is 6.12. The average molecular weight is 332 g/mol. The van der Waals surface area contributed by atoms with Crippen LogP contribution in [0.4, 0.5) is 5.69 Å². The van der Waals surface area contributed by atoms with Crippen LogP contribution in [0.3, 0.4) is 0 Å². The fraction of sp³-hybridized carbons (Fsp3) is 0.308. The third-order valence-corrected chi connectivity index (χ3v) is 2.69. The van der Waals surface area contributed by atoms with Crippen LogP contribution in [0.1, 0.15) is 12.0 Å². The summed E-state index contributed by atoms with van der Waals surface area (Å²) in [6.45, 7) is 1.25. The van der Waals surface area contributed by atoms with Gasteiger partial charge in [0.1, 0.15) is 12.7 Å². The molecule has 0 bridgehead atoms. The van der Waals surface area contributed by atoms with Crippen molar-refractivity contribution >= 4 is 36.4 Å². The molecule has 1 aromatic carbocycles. The minimum Gasteiger partial charge on any atom is -0.326 e. The smallest absolute Gasteiger partial charge is 0.225 e. The van der Waals surface area contributed by atoms with E-state index < -0.39 is 0 Å². The predicted molar refractivity (Wildman–Crippen MR) is 87.2 cm³/mol. The lowest BCUT2D eigenvalue weighted by Crippen LogP contribution is -2.19. The summed E-state index contributed by atoms with van der Waals surface area (Å²) in [4.78, 5) is 15.6. The van der Waals surface area contributed by atoms with E-state index in [-0.39, 0.29) is 30.7 Å². The predicted octanol–water partition coefficient (Wildman–Crippen LogP) is 1.72. The zero-order valence-corrected chi connectivity index (χ0v) is 13.3. The number of anilines is 1. The number of amides is 1. The first-order chi connectivity index (χ1) is 9.29. The Balaban J connectivity index is 0.00000200. The van der Waals surface area contributed by atoms with Gasteiger partial charge < -0.3 is 10.6 Å². The second-order valence-corrected chi connectivity index (χ2v) is 4.15. The van der Waals surface area contributed by atoms with Crippen molar-refractivity contribution in [3.63, 3.8) is 0 Å². The Morgan fingerprint density at radius 3 is 2.71 bits per heavy atom. The van der Waals surface area contributed by atoms with Crippen LogP contribution in [0.15, 0.2) is 36.9 Å². The quantitative estimate of drug-likeness (QED) is 0.845. The Morgan fingerprint density at radius 2 is 2.05 bits per heavy atom. The highest BCUT2D eigenvalue weighted by Gasteiger charge is 2.06. The van der Waals surface area contributed by atoms with E-state index in [4.69, 9.17) is 0 Å². The minimum atomic E-state index is 0. The van der Waals surface area contributed by atoms with E-state index in [1.165, 1.54) is 6.33 Å². The number of benzene rings is 1. The number of carbonyl (C=O) groups excluding carboxylic acids is 1. The molecular formula is C13H19Cl2N5O. The summed E-state index contributed by atoms with van der Waals surface area (Å²) in [5, 5.41) is 9.93. The maximum absolute atomic E-state index is 11.7. The van der Waals surface area contributed by atoms with E-state index in [9.17, 15) is 4.79 Å². The molecule has 1 amide bonds. The monoisotopic (exact) mass is 331 g/mol. The molecule has 0 saturated carbocycles. The molecule has 0 unspecified atom stereocenters. The SMILES string of the molecule is CNCCC(=O)Nc1ccccc1Cn1cncn1.Cl.Cl. The van der Waals surface area contributed by atoms with Gasteiger partial charge in [-0.05, 0) is 18.7 Å². The largest absolute Gasteiger partial charge is 0.326 e. The van der Waals surface area contributed by atoms with Crippen LogP contribution in [0.2, 0.25) is 0 Å². The molecular weight excluding hydrogens is 313 g/mol. The molecule has 0 radical (unpaired) electrons. The lowest BCUT2D eigenvalue weighted by molar-refractivity contribution is -0.116. The van der Waals surface area contributed by atoms with Crippen molar-refractivity contribution < 1.29 is 4.79 Å². The second-order valence-electron chi connectivity index (χ2n) is 4.15. The maximum atomic E-state index is 11.7. The second kappa shape index (κ2) is 10.1. The molecule has 0 aliphatic carbocycles. The number of carbonyl (C=O) groups is 1. The summed E-state index contributed by atoms with van der Waals surface area (Å²) in [5.74, 6) is 0.000361. The number of hydrogen-bond acceptors (Lipinski definition) is 4. The van der Waals surface area contributed by atoms with Crippen molar-refractivity contribution in [2.45, 2.75) is 13.0 Å². The van der Waals surface area contributed by atoms with E-state index in [1.54, 1.807) is 11.0 Å². The molecule has 0 aliphatic rings. The summed E-state index contributed by atoms with van der Waals surface area (Å²) < 4.78 is 1.72. The van der Waals surface area contributed by atoms with Gasteiger partial charge in [0.05, 0.1) is 6.54 Å². The van der Waals surface area contributed by atoms with Gasteiger partial charge in [-0.15, -0.1) is 24.8 Å². The number of nitrogens with zero attached hydrogens (tertiary/aromatic N) is 3. The van der Waals surface area contributed by atoms with Gasteiger partial charge in [-0.25, -0.2) is 9.67 Å². The van der Waals surface area contributed by atoms with Gasteiger partial charge in [0.2, 0.25) is 5.91 Å². The first kappa shape index (κ1) is 19.4. The van der Waals surface area contributed by atoms with Crippen molar-refractivity contribution in [2.24, 2.45) is 0 Å². The molecule has 0 saturated heterocycles.